The fraction of sp³-hybridized carbons (Fsp3) is 0.778. The lowest BCUT2D eigenvalue weighted by Crippen LogP contribution is -2.18. The van der Waals surface area contributed by atoms with E-state index in [-0.39, 0.29) is 31.0 Å². The molecule has 0 fully saturated rings. The number of hydrogen-bond acceptors (Lipinski definition) is 6. The average molecular weight is 252 g/mol. The van der Waals surface area contributed by atoms with Crippen molar-refractivity contribution in [1.82, 2.24) is 0 Å². The van der Waals surface area contributed by atoms with E-state index in [1.807, 2.05) is 0 Å². The number of methoxy groups -OCH3 is 1. The molecule has 0 aromatic heterocycles. The Balaban J connectivity index is 3.97. The zero-order valence-corrected chi connectivity index (χ0v) is 10.2. The number of esters is 2. The molecule has 94 valence electrons. The highest BCUT2D eigenvalue weighted by molar-refractivity contribution is 7.91. The Labute approximate surface area is 94.8 Å². The fourth-order valence-electron chi connectivity index (χ4n) is 0.915. The predicted octanol–water partition coefficient (Wildman–Crippen LogP) is -0.0825. The minimum absolute atomic E-state index is 0.183. The Kier molecular flexibility index (Phi) is 6.71. The third-order valence-electron chi connectivity index (χ3n) is 1.77. The molecule has 0 saturated heterocycles. The van der Waals surface area contributed by atoms with Crippen molar-refractivity contribution in [3.8, 4) is 0 Å². The van der Waals surface area contributed by atoms with E-state index in [4.69, 9.17) is 0 Å². The molecule has 0 bridgehead atoms. The van der Waals surface area contributed by atoms with E-state index in [1.165, 1.54) is 7.11 Å². The molecule has 0 N–H and O–H groups in total. The summed E-state index contributed by atoms with van der Waals surface area (Å²) in [7, 11) is -2.21. The van der Waals surface area contributed by atoms with Gasteiger partial charge in [0.25, 0.3) is 0 Å². The van der Waals surface area contributed by atoms with E-state index in [9.17, 15) is 18.0 Å². The fourth-order valence-corrected chi connectivity index (χ4v) is 2.07. The highest BCUT2D eigenvalue weighted by atomic mass is 32.2. The summed E-state index contributed by atoms with van der Waals surface area (Å²) in [5.41, 5.74) is 0. The normalized spacial score (nSPS) is 10.9. The quantitative estimate of drug-likeness (QED) is 0.589. The molecular weight excluding hydrogens is 236 g/mol. The van der Waals surface area contributed by atoms with Gasteiger partial charge in [0.05, 0.1) is 38.1 Å². The van der Waals surface area contributed by atoms with Crippen LogP contribution in [0.1, 0.15) is 19.8 Å². The van der Waals surface area contributed by atoms with E-state index in [1.54, 1.807) is 6.92 Å². The smallest absolute Gasteiger partial charge is 0.306 e. The van der Waals surface area contributed by atoms with Crippen LogP contribution >= 0.6 is 0 Å². The van der Waals surface area contributed by atoms with Crippen LogP contribution in [0.3, 0.4) is 0 Å². The Morgan fingerprint density at radius 1 is 1.06 bits per heavy atom. The molecule has 7 heteroatoms. The second kappa shape index (κ2) is 7.21. The molecular formula is C9H16O6S. The maximum absolute atomic E-state index is 11.3. The first-order chi connectivity index (χ1) is 7.41. The standard InChI is InChI=1S/C9H16O6S/c1-3-15-9(11)5-7-16(12,13)6-4-8(10)14-2/h3-7H2,1-2H3. The van der Waals surface area contributed by atoms with Crippen LogP contribution in [0.4, 0.5) is 0 Å². The summed E-state index contributed by atoms with van der Waals surface area (Å²) in [6.07, 6.45) is -0.376. The van der Waals surface area contributed by atoms with Crippen molar-refractivity contribution in [3.05, 3.63) is 0 Å². The molecule has 0 amide bonds. The van der Waals surface area contributed by atoms with Gasteiger partial charge >= 0.3 is 11.9 Å². The largest absolute Gasteiger partial charge is 0.469 e. The molecule has 0 radical (unpaired) electrons. The highest BCUT2D eigenvalue weighted by Gasteiger charge is 2.16. The topological polar surface area (TPSA) is 86.7 Å². The van der Waals surface area contributed by atoms with Crippen molar-refractivity contribution >= 4 is 21.8 Å². The van der Waals surface area contributed by atoms with E-state index >= 15 is 0 Å². The molecule has 0 aromatic carbocycles. The number of sulfone groups is 1. The Morgan fingerprint density at radius 3 is 2.00 bits per heavy atom. The van der Waals surface area contributed by atoms with Crippen LogP contribution in [0, 0.1) is 0 Å². The molecule has 0 atom stereocenters. The maximum Gasteiger partial charge on any atom is 0.306 e. The van der Waals surface area contributed by atoms with E-state index in [2.05, 4.69) is 9.47 Å². The van der Waals surface area contributed by atoms with Crippen molar-refractivity contribution < 1.29 is 27.5 Å². The average Bonchev–Trinajstić information content (AvgIpc) is 2.24. The number of carbonyl (C=O) groups excluding carboxylic acids is 2. The van der Waals surface area contributed by atoms with Gasteiger partial charge in [-0.3, -0.25) is 9.59 Å². The third kappa shape index (κ3) is 7.22. The van der Waals surface area contributed by atoms with Gasteiger partial charge in [-0.15, -0.1) is 0 Å². The van der Waals surface area contributed by atoms with Gasteiger partial charge in [-0.1, -0.05) is 0 Å². The summed E-state index contributed by atoms with van der Waals surface area (Å²) in [6, 6.07) is 0. The third-order valence-corrected chi connectivity index (χ3v) is 3.42. The molecule has 0 aromatic rings. The zero-order chi connectivity index (χ0) is 12.6. The van der Waals surface area contributed by atoms with Gasteiger partial charge in [-0.05, 0) is 6.92 Å². The summed E-state index contributed by atoms with van der Waals surface area (Å²) in [4.78, 5) is 21.6. The van der Waals surface area contributed by atoms with E-state index in [0.717, 1.165) is 0 Å². The van der Waals surface area contributed by atoms with Crippen LogP contribution in [-0.2, 0) is 28.9 Å². The molecule has 0 rings (SSSR count). The van der Waals surface area contributed by atoms with Crippen molar-refractivity contribution in [2.24, 2.45) is 0 Å². The van der Waals surface area contributed by atoms with Gasteiger partial charge in [0.1, 0.15) is 0 Å². The molecule has 0 heterocycles. The summed E-state index contributed by atoms with van der Waals surface area (Å²) in [6.45, 7) is 1.87. The van der Waals surface area contributed by atoms with Crippen LogP contribution < -0.4 is 0 Å². The van der Waals surface area contributed by atoms with Gasteiger partial charge in [-0.25, -0.2) is 8.42 Å². The lowest BCUT2D eigenvalue weighted by molar-refractivity contribution is -0.142. The van der Waals surface area contributed by atoms with E-state index < -0.39 is 21.8 Å². The van der Waals surface area contributed by atoms with Crippen LogP contribution in [0.15, 0.2) is 0 Å². The summed E-state index contributed by atoms with van der Waals surface area (Å²) < 4.78 is 31.6. The van der Waals surface area contributed by atoms with Crippen molar-refractivity contribution in [1.29, 1.82) is 0 Å². The Morgan fingerprint density at radius 2 is 1.56 bits per heavy atom. The minimum atomic E-state index is -3.40. The van der Waals surface area contributed by atoms with Crippen LogP contribution in [0.25, 0.3) is 0 Å². The first kappa shape index (κ1) is 14.9. The van der Waals surface area contributed by atoms with Crippen LogP contribution in [0.2, 0.25) is 0 Å². The van der Waals surface area contributed by atoms with Crippen LogP contribution in [0.5, 0.6) is 0 Å². The number of ether oxygens (including phenoxy) is 2. The van der Waals surface area contributed by atoms with Crippen molar-refractivity contribution in [3.63, 3.8) is 0 Å². The molecule has 6 nitrogen and oxygen atoms in total. The van der Waals surface area contributed by atoms with Gasteiger partial charge < -0.3 is 9.47 Å². The first-order valence-corrected chi connectivity index (χ1v) is 6.66. The lowest BCUT2D eigenvalue weighted by Gasteiger charge is -2.03. The summed E-state index contributed by atoms with van der Waals surface area (Å²) >= 11 is 0. The van der Waals surface area contributed by atoms with Crippen molar-refractivity contribution in [2.45, 2.75) is 19.8 Å². The summed E-state index contributed by atoms with van der Waals surface area (Å²) in [5.74, 6) is -1.74. The summed E-state index contributed by atoms with van der Waals surface area (Å²) in [5, 5.41) is 0. The van der Waals surface area contributed by atoms with Gasteiger partial charge in [0.15, 0.2) is 9.84 Å². The second-order valence-electron chi connectivity index (χ2n) is 3.03. The lowest BCUT2D eigenvalue weighted by atomic mass is 10.5. The monoisotopic (exact) mass is 252 g/mol. The first-order valence-electron chi connectivity index (χ1n) is 4.84. The number of rotatable bonds is 7. The molecule has 0 aliphatic rings. The molecule has 0 aliphatic carbocycles. The molecule has 0 spiro atoms. The molecule has 0 saturated carbocycles. The Hall–Kier alpha value is -1.11. The number of carbonyl (C=O) groups is 2. The minimum Gasteiger partial charge on any atom is -0.469 e. The predicted molar refractivity (Wildman–Crippen MR) is 56.5 cm³/mol. The molecule has 0 unspecified atom stereocenters. The van der Waals surface area contributed by atoms with E-state index in [0.29, 0.717) is 0 Å². The van der Waals surface area contributed by atoms with Gasteiger partial charge in [0, 0.05) is 0 Å². The maximum atomic E-state index is 11.3. The Bertz CT molecular complexity index is 332. The number of hydrogen-bond donors (Lipinski definition) is 0. The highest BCUT2D eigenvalue weighted by Crippen LogP contribution is 1.99. The SMILES string of the molecule is CCOC(=O)CCS(=O)(=O)CCC(=O)OC. The van der Waals surface area contributed by atoms with Crippen molar-refractivity contribution in [2.75, 3.05) is 25.2 Å². The van der Waals surface area contributed by atoms with Crippen LogP contribution in [-0.4, -0.2) is 45.6 Å². The molecule has 0 aliphatic heterocycles. The zero-order valence-electron chi connectivity index (χ0n) is 9.39. The van der Waals surface area contributed by atoms with Gasteiger partial charge in [0.2, 0.25) is 0 Å². The van der Waals surface area contributed by atoms with Gasteiger partial charge in [-0.2, -0.15) is 0 Å². The second-order valence-corrected chi connectivity index (χ2v) is 5.34. The molecule has 16 heavy (non-hydrogen) atoms.